The number of anilines is 1. The molecule has 4 heterocycles. The molecular formula is C30H32N6O4. The van der Waals surface area contributed by atoms with Crippen molar-refractivity contribution < 1.29 is 19.4 Å². The van der Waals surface area contributed by atoms with Gasteiger partial charge < -0.3 is 25.3 Å². The summed E-state index contributed by atoms with van der Waals surface area (Å²) in [5.74, 6) is -0.0813. The molecule has 3 aromatic heterocycles. The van der Waals surface area contributed by atoms with Crippen LogP contribution in [0.4, 0.5) is 5.69 Å². The molecule has 0 radical (unpaired) electrons. The highest BCUT2D eigenvalue weighted by Gasteiger charge is 2.10. The first-order valence-corrected chi connectivity index (χ1v) is 13.1. The number of hydrogen-bond donors (Lipinski definition) is 3. The SMILES string of the molecule is Nc1c[nH]c2ncc(-c3cccc(OCCN4CCOCC4)c3)cc12.O=C(O)c1cnn(Cc2ccccc2)c1. The Morgan fingerprint density at radius 2 is 1.88 bits per heavy atom. The second-order valence-corrected chi connectivity index (χ2v) is 9.41. The zero-order chi connectivity index (χ0) is 27.7. The molecule has 1 fully saturated rings. The summed E-state index contributed by atoms with van der Waals surface area (Å²) in [6.07, 6.45) is 6.50. The second kappa shape index (κ2) is 12.9. The average molecular weight is 541 g/mol. The van der Waals surface area contributed by atoms with Crippen LogP contribution in [-0.4, -0.2) is 75.2 Å². The number of carboxylic acids is 1. The van der Waals surface area contributed by atoms with Gasteiger partial charge in [-0.25, -0.2) is 9.78 Å². The van der Waals surface area contributed by atoms with E-state index in [9.17, 15) is 4.79 Å². The lowest BCUT2D eigenvalue weighted by Crippen LogP contribution is -2.38. The lowest BCUT2D eigenvalue weighted by Gasteiger charge is -2.26. The lowest BCUT2D eigenvalue weighted by atomic mass is 10.1. The summed E-state index contributed by atoms with van der Waals surface area (Å²) in [6, 6.07) is 19.9. The summed E-state index contributed by atoms with van der Waals surface area (Å²) >= 11 is 0. The Labute approximate surface area is 232 Å². The molecule has 0 bridgehead atoms. The van der Waals surface area contributed by atoms with Crippen LogP contribution in [-0.2, 0) is 11.3 Å². The van der Waals surface area contributed by atoms with Crippen LogP contribution >= 0.6 is 0 Å². The summed E-state index contributed by atoms with van der Waals surface area (Å²) in [4.78, 5) is 20.5. The van der Waals surface area contributed by atoms with E-state index in [1.165, 1.54) is 12.4 Å². The number of rotatable bonds is 8. The van der Waals surface area contributed by atoms with Crippen LogP contribution in [0.1, 0.15) is 15.9 Å². The van der Waals surface area contributed by atoms with Gasteiger partial charge in [0.15, 0.2) is 0 Å². The molecule has 0 spiro atoms. The molecule has 2 aromatic carbocycles. The molecule has 5 aromatic rings. The van der Waals surface area contributed by atoms with Gasteiger partial charge in [0.25, 0.3) is 0 Å². The zero-order valence-corrected chi connectivity index (χ0v) is 22.1. The van der Waals surface area contributed by atoms with E-state index in [2.05, 4.69) is 32.1 Å². The van der Waals surface area contributed by atoms with E-state index in [4.69, 9.17) is 20.3 Å². The number of ether oxygens (including phenoxy) is 2. The number of aromatic nitrogens is 4. The molecule has 0 saturated carbocycles. The Kier molecular flexibility index (Phi) is 8.69. The first-order valence-electron chi connectivity index (χ1n) is 13.1. The van der Waals surface area contributed by atoms with Gasteiger partial charge in [-0.3, -0.25) is 9.58 Å². The fourth-order valence-corrected chi connectivity index (χ4v) is 4.40. The molecule has 0 amide bonds. The normalized spacial score (nSPS) is 13.5. The van der Waals surface area contributed by atoms with Crippen LogP contribution in [0.5, 0.6) is 5.75 Å². The number of aromatic amines is 1. The summed E-state index contributed by atoms with van der Waals surface area (Å²) in [5.41, 5.74) is 10.9. The van der Waals surface area contributed by atoms with Gasteiger partial charge in [0, 0.05) is 49.2 Å². The van der Waals surface area contributed by atoms with E-state index < -0.39 is 5.97 Å². The van der Waals surface area contributed by atoms with Crippen LogP contribution in [0.2, 0.25) is 0 Å². The minimum atomic E-state index is -0.950. The highest BCUT2D eigenvalue weighted by molar-refractivity contribution is 5.91. The van der Waals surface area contributed by atoms with Crippen molar-refractivity contribution in [2.75, 3.05) is 45.2 Å². The van der Waals surface area contributed by atoms with Gasteiger partial charge in [-0.2, -0.15) is 5.10 Å². The maximum atomic E-state index is 10.6. The first kappa shape index (κ1) is 26.9. The van der Waals surface area contributed by atoms with E-state index in [0.29, 0.717) is 18.8 Å². The van der Waals surface area contributed by atoms with Crippen LogP contribution in [0.3, 0.4) is 0 Å². The Balaban J connectivity index is 0.000000184. The van der Waals surface area contributed by atoms with Crippen LogP contribution in [0, 0.1) is 0 Å². The van der Waals surface area contributed by atoms with E-state index >= 15 is 0 Å². The topological polar surface area (TPSA) is 132 Å². The van der Waals surface area contributed by atoms with Crippen molar-refractivity contribution in [3.63, 3.8) is 0 Å². The Morgan fingerprint density at radius 3 is 2.65 bits per heavy atom. The number of pyridine rings is 1. The van der Waals surface area contributed by atoms with Crippen LogP contribution < -0.4 is 10.5 Å². The standard InChI is InChI=1S/C19H22N4O2.C11H10N2O2/c20-18-13-22-19-17(18)11-15(12-21-19)14-2-1-3-16(10-14)25-9-6-23-4-7-24-8-5-23;14-11(15)10-6-12-13(8-10)7-9-4-2-1-3-5-9/h1-3,10-13H,4-9,20H2,(H,21,22);1-6,8H,7H2,(H,14,15). The Morgan fingerprint density at radius 1 is 1.05 bits per heavy atom. The number of morpholine rings is 1. The fourth-order valence-electron chi connectivity index (χ4n) is 4.40. The maximum Gasteiger partial charge on any atom is 0.338 e. The molecule has 0 unspecified atom stereocenters. The highest BCUT2D eigenvalue weighted by atomic mass is 16.5. The van der Waals surface area contributed by atoms with Crippen molar-refractivity contribution in [2.45, 2.75) is 6.54 Å². The summed E-state index contributed by atoms with van der Waals surface area (Å²) in [7, 11) is 0. The van der Waals surface area contributed by atoms with Crippen molar-refractivity contribution in [3.05, 3.63) is 96.6 Å². The molecule has 0 atom stereocenters. The minimum absolute atomic E-state index is 0.214. The highest BCUT2D eigenvalue weighted by Crippen LogP contribution is 2.28. The number of nitrogen functional groups attached to an aromatic ring is 1. The van der Waals surface area contributed by atoms with Crippen molar-refractivity contribution in [1.82, 2.24) is 24.6 Å². The number of carboxylic acid groups (broad SMARTS) is 1. The van der Waals surface area contributed by atoms with Crippen LogP contribution in [0.25, 0.3) is 22.2 Å². The monoisotopic (exact) mass is 540 g/mol. The molecule has 206 valence electrons. The van der Waals surface area contributed by atoms with E-state index in [1.54, 1.807) is 10.9 Å². The number of aromatic carboxylic acids is 1. The van der Waals surface area contributed by atoms with Crippen molar-refractivity contribution >= 4 is 22.7 Å². The van der Waals surface area contributed by atoms with E-state index in [1.807, 2.05) is 54.7 Å². The number of nitrogens with zero attached hydrogens (tertiary/aromatic N) is 4. The third-order valence-corrected chi connectivity index (χ3v) is 6.58. The molecular weight excluding hydrogens is 508 g/mol. The van der Waals surface area contributed by atoms with Crippen molar-refractivity contribution in [3.8, 4) is 16.9 Å². The summed E-state index contributed by atoms with van der Waals surface area (Å²) in [6.45, 7) is 5.77. The number of fused-ring (bicyclic) bond motifs is 1. The van der Waals surface area contributed by atoms with Gasteiger partial charge in [0.1, 0.15) is 18.0 Å². The molecule has 0 aliphatic carbocycles. The molecule has 1 aliphatic heterocycles. The molecule has 1 saturated heterocycles. The average Bonchev–Trinajstić information content (AvgIpc) is 3.61. The third kappa shape index (κ3) is 7.04. The number of carbonyl (C=O) groups is 1. The molecule has 40 heavy (non-hydrogen) atoms. The van der Waals surface area contributed by atoms with Gasteiger partial charge >= 0.3 is 5.97 Å². The van der Waals surface area contributed by atoms with Gasteiger partial charge in [0.05, 0.1) is 37.2 Å². The van der Waals surface area contributed by atoms with Crippen molar-refractivity contribution in [1.29, 1.82) is 0 Å². The van der Waals surface area contributed by atoms with Gasteiger partial charge in [-0.1, -0.05) is 42.5 Å². The number of nitrogens with one attached hydrogen (secondary N) is 1. The number of H-pyrrole nitrogens is 1. The zero-order valence-electron chi connectivity index (χ0n) is 22.1. The van der Waals surface area contributed by atoms with Crippen LogP contribution in [0.15, 0.2) is 85.5 Å². The predicted molar refractivity (Wildman–Crippen MR) is 153 cm³/mol. The molecule has 10 nitrogen and oxygen atoms in total. The number of benzene rings is 2. The quantitative estimate of drug-likeness (QED) is 0.267. The first-order chi connectivity index (χ1) is 19.5. The lowest BCUT2D eigenvalue weighted by molar-refractivity contribution is 0.0322. The molecule has 1 aliphatic rings. The Hall–Kier alpha value is -4.67. The number of nitrogens with two attached hydrogens (primary N) is 1. The van der Waals surface area contributed by atoms with Gasteiger partial charge in [0.2, 0.25) is 0 Å². The summed E-state index contributed by atoms with van der Waals surface area (Å²) in [5, 5.41) is 13.6. The number of hydrogen-bond acceptors (Lipinski definition) is 7. The second-order valence-electron chi connectivity index (χ2n) is 9.41. The summed E-state index contributed by atoms with van der Waals surface area (Å²) < 4.78 is 12.9. The van der Waals surface area contributed by atoms with Gasteiger partial charge in [-0.05, 0) is 29.3 Å². The smallest absolute Gasteiger partial charge is 0.338 e. The molecule has 6 rings (SSSR count). The minimum Gasteiger partial charge on any atom is -0.492 e. The Bertz CT molecular complexity index is 1540. The predicted octanol–water partition coefficient (Wildman–Crippen LogP) is 4.15. The maximum absolute atomic E-state index is 10.6. The third-order valence-electron chi connectivity index (χ3n) is 6.58. The van der Waals surface area contributed by atoms with Crippen molar-refractivity contribution in [2.24, 2.45) is 0 Å². The largest absolute Gasteiger partial charge is 0.492 e. The van der Waals surface area contributed by atoms with Gasteiger partial charge in [-0.15, -0.1) is 0 Å². The van der Waals surface area contributed by atoms with E-state index in [0.717, 1.165) is 66.3 Å². The molecule has 4 N–H and O–H groups in total. The van der Waals surface area contributed by atoms with E-state index in [-0.39, 0.29) is 5.56 Å². The fraction of sp³-hybridized carbons (Fsp3) is 0.233. The molecule has 10 heteroatoms.